The molecule has 2 saturated heterocycles. The van der Waals surface area contributed by atoms with Crippen molar-refractivity contribution in [2.45, 2.75) is 37.3 Å². The Morgan fingerprint density at radius 2 is 1.91 bits per heavy atom. The molecule has 0 aromatic heterocycles. The first-order valence-corrected chi connectivity index (χ1v) is 12.1. The van der Waals surface area contributed by atoms with Crippen LogP contribution < -0.4 is 20.7 Å². The van der Waals surface area contributed by atoms with E-state index >= 15 is 0 Å². The van der Waals surface area contributed by atoms with Crippen molar-refractivity contribution in [3.8, 4) is 5.75 Å². The van der Waals surface area contributed by atoms with Crippen LogP contribution in [0.15, 0.2) is 48.5 Å². The van der Waals surface area contributed by atoms with Crippen LogP contribution in [0, 0.1) is 11.7 Å². The molecule has 3 aliphatic heterocycles. The van der Waals surface area contributed by atoms with Crippen LogP contribution in [0.3, 0.4) is 0 Å². The number of amides is 4. The molecule has 1 spiro atoms. The molecule has 3 N–H and O–H groups in total. The van der Waals surface area contributed by atoms with E-state index in [-0.39, 0.29) is 23.6 Å². The van der Waals surface area contributed by atoms with E-state index in [1.54, 1.807) is 0 Å². The van der Waals surface area contributed by atoms with Crippen LogP contribution in [0.4, 0.5) is 9.18 Å². The number of hydrogen-bond donors (Lipinski definition) is 3. The van der Waals surface area contributed by atoms with Gasteiger partial charge in [0.25, 0.3) is 11.8 Å². The molecule has 5 rings (SSSR count). The molecule has 2 atom stereocenters. The van der Waals surface area contributed by atoms with Crippen molar-refractivity contribution in [3.05, 3.63) is 65.5 Å². The monoisotopic (exact) mass is 480 g/mol. The molecule has 0 unspecified atom stereocenters. The zero-order valence-corrected chi connectivity index (χ0v) is 19.4. The minimum absolute atomic E-state index is 0.113. The van der Waals surface area contributed by atoms with Gasteiger partial charge < -0.3 is 20.3 Å². The number of rotatable bonds is 6. The number of likely N-dealkylation sites (tertiary alicyclic amines) is 1. The number of carbonyl (C=O) groups excluding carboxylic acids is 3. The molecule has 35 heavy (non-hydrogen) atoms. The van der Waals surface area contributed by atoms with Gasteiger partial charge in [0.05, 0.1) is 0 Å². The summed E-state index contributed by atoms with van der Waals surface area (Å²) < 4.78 is 19.7. The van der Waals surface area contributed by atoms with E-state index in [0.29, 0.717) is 12.5 Å². The predicted octanol–water partition coefficient (Wildman–Crippen LogP) is 2.08. The number of piperidine rings is 1. The molecule has 4 amide bonds. The summed E-state index contributed by atoms with van der Waals surface area (Å²) in [6.07, 6.45) is 2.24. The lowest BCUT2D eigenvalue weighted by Crippen LogP contribution is -2.54. The van der Waals surface area contributed by atoms with Crippen molar-refractivity contribution in [2.75, 3.05) is 26.2 Å². The van der Waals surface area contributed by atoms with Crippen LogP contribution in [-0.4, -0.2) is 55.0 Å². The lowest BCUT2D eigenvalue weighted by Gasteiger charge is -2.37. The summed E-state index contributed by atoms with van der Waals surface area (Å²) in [6, 6.07) is 13.6. The van der Waals surface area contributed by atoms with Crippen LogP contribution >= 0.6 is 0 Å². The molecular formula is C26H29FN4O4. The number of hydrogen-bond acceptors (Lipinski definition) is 5. The van der Waals surface area contributed by atoms with Gasteiger partial charge in [-0.15, -0.1) is 0 Å². The summed E-state index contributed by atoms with van der Waals surface area (Å²) in [5.41, 5.74) is 0.0540. The third-order valence-corrected chi connectivity index (χ3v) is 7.20. The predicted molar refractivity (Wildman–Crippen MR) is 126 cm³/mol. The summed E-state index contributed by atoms with van der Waals surface area (Å²) in [6.45, 7) is 3.15. The van der Waals surface area contributed by atoms with Crippen molar-refractivity contribution >= 4 is 17.8 Å². The van der Waals surface area contributed by atoms with Crippen LogP contribution in [0.1, 0.15) is 30.4 Å². The quantitative estimate of drug-likeness (QED) is 0.550. The molecule has 0 radical (unpaired) electrons. The number of nitrogens with zero attached hydrogens (tertiary/aromatic N) is 1. The first-order chi connectivity index (χ1) is 16.9. The molecule has 0 bridgehead atoms. The van der Waals surface area contributed by atoms with E-state index in [0.717, 1.165) is 45.0 Å². The van der Waals surface area contributed by atoms with Gasteiger partial charge in [0.2, 0.25) is 0 Å². The van der Waals surface area contributed by atoms with Gasteiger partial charge in [-0.05, 0) is 62.0 Å². The Morgan fingerprint density at radius 1 is 1.14 bits per heavy atom. The third-order valence-electron chi connectivity index (χ3n) is 7.20. The Balaban J connectivity index is 1.14. The highest BCUT2D eigenvalue weighted by molar-refractivity contribution is 6.08. The fraction of sp³-hybridized carbons (Fsp3) is 0.423. The Labute approximate surface area is 203 Å². The normalized spacial score (nSPS) is 24.4. The second-order valence-corrected chi connectivity index (χ2v) is 9.53. The van der Waals surface area contributed by atoms with Gasteiger partial charge in [-0.1, -0.05) is 30.3 Å². The van der Waals surface area contributed by atoms with Gasteiger partial charge in [-0.3, -0.25) is 14.9 Å². The van der Waals surface area contributed by atoms with Gasteiger partial charge in [0.1, 0.15) is 11.6 Å². The second kappa shape index (κ2) is 9.65. The van der Waals surface area contributed by atoms with Gasteiger partial charge in [0, 0.05) is 25.1 Å². The van der Waals surface area contributed by atoms with Gasteiger partial charge in [0.15, 0.2) is 11.6 Å². The van der Waals surface area contributed by atoms with Gasteiger partial charge in [-0.2, -0.15) is 0 Å². The number of imide groups is 1. The molecule has 2 aromatic carbocycles. The SMILES string of the molecule is O=C1NC(=O)[C@@]2(C[C@@H](C(=O)NCCN3CCC(Cc4ccccc4)CC3)Oc3ccc(F)cc32)N1. The van der Waals surface area contributed by atoms with Gasteiger partial charge in [-0.25, -0.2) is 9.18 Å². The van der Waals surface area contributed by atoms with Crippen molar-refractivity contribution < 1.29 is 23.5 Å². The summed E-state index contributed by atoms with van der Waals surface area (Å²) in [7, 11) is 0. The van der Waals surface area contributed by atoms with Crippen LogP contribution in [0.2, 0.25) is 0 Å². The average Bonchev–Trinajstić information content (AvgIpc) is 3.14. The first-order valence-electron chi connectivity index (χ1n) is 12.1. The standard InChI is InChI=1S/C26H29FN4O4/c27-19-6-7-21-20(15-19)26(24(33)29-25(34)30-26)16-22(35-21)23(32)28-10-13-31-11-8-18(9-12-31)14-17-4-2-1-3-5-17/h1-7,15,18,22H,8-14,16H2,(H,28,32)(H2,29,30,33,34)/t22-,26-/m0/s1. The van der Waals surface area contributed by atoms with E-state index in [9.17, 15) is 18.8 Å². The second-order valence-electron chi connectivity index (χ2n) is 9.53. The van der Waals surface area contributed by atoms with Gasteiger partial charge >= 0.3 is 6.03 Å². The lowest BCUT2D eigenvalue weighted by molar-refractivity contribution is -0.133. The Kier molecular flexibility index (Phi) is 6.42. The van der Waals surface area contributed by atoms with Crippen molar-refractivity contribution in [1.82, 2.24) is 20.9 Å². The molecular weight excluding hydrogens is 451 g/mol. The van der Waals surface area contributed by atoms with Crippen LogP contribution in [0.25, 0.3) is 0 Å². The Morgan fingerprint density at radius 3 is 2.63 bits per heavy atom. The largest absolute Gasteiger partial charge is 0.480 e. The summed E-state index contributed by atoms with van der Waals surface area (Å²) in [4.78, 5) is 39.8. The first kappa shape index (κ1) is 23.3. The molecule has 2 fully saturated rings. The van der Waals surface area contributed by atoms with Crippen molar-refractivity contribution in [3.63, 3.8) is 0 Å². The third kappa shape index (κ3) is 4.86. The highest BCUT2D eigenvalue weighted by Crippen LogP contribution is 2.41. The Bertz CT molecular complexity index is 1120. The molecule has 3 heterocycles. The number of ether oxygens (including phenoxy) is 1. The van der Waals surface area contributed by atoms with Crippen molar-refractivity contribution in [1.29, 1.82) is 0 Å². The van der Waals surface area contributed by atoms with Crippen molar-refractivity contribution in [2.24, 2.45) is 5.92 Å². The van der Waals surface area contributed by atoms with E-state index in [1.165, 1.54) is 17.7 Å². The summed E-state index contributed by atoms with van der Waals surface area (Å²) in [5.74, 6) is -0.666. The fourth-order valence-electron chi connectivity index (χ4n) is 5.31. The highest BCUT2D eigenvalue weighted by atomic mass is 19.1. The fourth-order valence-corrected chi connectivity index (χ4v) is 5.31. The number of nitrogens with one attached hydrogen (secondary N) is 3. The van der Waals surface area contributed by atoms with E-state index in [4.69, 9.17) is 4.74 Å². The molecule has 0 saturated carbocycles. The van der Waals surface area contributed by atoms with E-state index < -0.39 is 29.4 Å². The molecule has 184 valence electrons. The minimum atomic E-state index is -1.53. The molecule has 3 aliphatic rings. The molecule has 8 nitrogen and oxygen atoms in total. The maximum atomic E-state index is 13.9. The van der Waals surface area contributed by atoms with E-state index in [1.807, 2.05) is 6.07 Å². The number of fused-ring (bicyclic) bond motifs is 2. The minimum Gasteiger partial charge on any atom is -0.480 e. The zero-order chi connectivity index (χ0) is 24.4. The zero-order valence-electron chi connectivity index (χ0n) is 19.4. The molecule has 9 heteroatoms. The van der Waals surface area contributed by atoms with E-state index in [2.05, 4.69) is 45.1 Å². The smallest absolute Gasteiger partial charge is 0.322 e. The summed E-state index contributed by atoms with van der Waals surface area (Å²) in [5, 5.41) is 7.68. The summed E-state index contributed by atoms with van der Waals surface area (Å²) >= 11 is 0. The molecule has 2 aromatic rings. The number of carbonyl (C=O) groups is 3. The lowest BCUT2D eigenvalue weighted by atomic mass is 9.81. The highest BCUT2D eigenvalue weighted by Gasteiger charge is 2.54. The van der Waals surface area contributed by atoms with Crippen LogP contribution in [0.5, 0.6) is 5.75 Å². The number of halogens is 1. The van der Waals surface area contributed by atoms with Crippen LogP contribution in [-0.2, 0) is 21.5 Å². The average molecular weight is 481 g/mol. The number of urea groups is 1. The topological polar surface area (TPSA) is 99.8 Å². The molecule has 0 aliphatic carbocycles. The maximum absolute atomic E-state index is 13.9. The maximum Gasteiger partial charge on any atom is 0.322 e. The Hall–Kier alpha value is -3.46. The number of benzene rings is 2.